The fraction of sp³-hybridized carbons (Fsp3) is 0.385. The van der Waals surface area contributed by atoms with E-state index < -0.39 is 0 Å². The minimum absolute atomic E-state index is 0.0183. The van der Waals surface area contributed by atoms with Crippen LogP contribution < -0.4 is 5.73 Å². The average Bonchev–Trinajstić information content (AvgIpc) is 2.91. The SMILES string of the molecule is CCc1ccc(C(N)C(C)Sc2nncs2)cc1. The summed E-state index contributed by atoms with van der Waals surface area (Å²) in [7, 11) is 0. The fourth-order valence-corrected chi connectivity index (χ4v) is 3.49. The van der Waals surface area contributed by atoms with Gasteiger partial charge in [0, 0.05) is 11.3 Å². The van der Waals surface area contributed by atoms with E-state index in [2.05, 4.69) is 48.3 Å². The molecule has 0 aliphatic carbocycles. The maximum absolute atomic E-state index is 6.28. The molecular formula is C13H17N3S2. The van der Waals surface area contributed by atoms with Crippen molar-refractivity contribution >= 4 is 23.1 Å². The summed E-state index contributed by atoms with van der Waals surface area (Å²) in [6.45, 7) is 4.29. The topological polar surface area (TPSA) is 51.8 Å². The molecule has 0 aliphatic heterocycles. The molecule has 0 fully saturated rings. The van der Waals surface area contributed by atoms with Gasteiger partial charge in [-0.05, 0) is 17.5 Å². The highest BCUT2D eigenvalue weighted by Crippen LogP contribution is 2.31. The third kappa shape index (κ3) is 3.31. The summed E-state index contributed by atoms with van der Waals surface area (Å²) in [6, 6.07) is 8.57. The van der Waals surface area contributed by atoms with Gasteiger partial charge in [-0.15, -0.1) is 10.2 Å². The molecule has 0 saturated carbocycles. The minimum atomic E-state index is 0.0183. The molecular weight excluding hydrogens is 262 g/mol. The molecule has 1 heterocycles. The van der Waals surface area contributed by atoms with Gasteiger partial charge in [-0.1, -0.05) is 61.2 Å². The maximum Gasteiger partial charge on any atom is 0.174 e. The number of aromatic nitrogens is 2. The standard InChI is InChI=1S/C13H17N3S2/c1-3-10-4-6-11(7-5-10)12(14)9(2)18-13-16-15-8-17-13/h4-9,12H,3,14H2,1-2H3. The number of nitrogens with zero attached hydrogens (tertiary/aromatic N) is 2. The van der Waals surface area contributed by atoms with Crippen LogP contribution in [0.3, 0.4) is 0 Å². The number of rotatable bonds is 5. The van der Waals surface area contributed by atoms with Crippen molar-refractivity contribution < 1.29 is 0 Å². The molecule has 5 heteroatoms. The summed E-state index contributed by atoms with van der Waals surface area (Å²) in [5.74, 6) is 0. The van der Waals surface area contributed by atoms with Crippen LogP contribution in [0.5, 0.6) is 0 Å². The number of benzene rings is 1. The van der Waals surface area contributed by atoms with Crippen LogP contribution in [-0.4, -0.2) is 15.4 Å². The van der Waals surface area contributed by atoms with Crippen LogP contribution in [0.4, 0.5) is 0 Å². The van der Waals surface area contributed by atoms with Crippen LogP contribution in [0.2, 0.25) is 0 Å². The first kappa shape index (κ1) is 13.5. The highest BCUT2D eigenvalue weighted by molar-refractivity contribution is 8.01. The Morgan fingerprint density at radius 3 is 2.61 bits per heavy atom. The van der Waals surface area contributed by atoms with Crippen molar-refractivity contribution in [3.05, 3.63) is 40.9 Å². The zero-order valence-corrected chi connectivity index (χ0v) is 12.2. The molecule has 0 spiro atoms. The van der Waals surface area contributed by atoms with Crippen LogP contribution in [0.15, 0.2) is 34.1 Å². The second kappa shape index (κ2) is 6.31. The molecule has 0 bridgehead atoms. The molecule has 2 aromatic rings. The quantitative estimate of drug-likeness (QED) is 0.853. The van der Waals surface area contributed by atoms with Gasteiger partial charge in [-0.2, -0.15) is 0 Å². The van der Waals surface area contributed by atoms with Crippen molar-refractivity contribution in [3.8, 4) is 0 Å². The van der Waals surface area contributed by atoms with Crippen LogP contribution in [0.25, 0.3) is 0 Å². The Morgan fingerprint density at radius 1 is 1.33 bits per heavy atom. The van der Waals surface area contributed by atoms with E-state index in [1.165, 1.54) is 11.1 Å². The highest BCUT2D eigenvalue weighted by atomic mass is 32.2. The average molecular weight is 279 g/mol. The van der Waals surface area contributed by atoms with E-state index in [1.807, 2.05) is 0 Å². The first-order valence-corrected chi connectivity index (χ1v) is 7.74. The number of aryl methyl sites for hydroxylation is 1. The normalized spacial score (nSPS) is 14.4. The van der Waals surface area contributed by atoms with Crippen molar-refractivity contribution in [2.45, 2.75) is 35.9 Å². The molecule has 3 nitrogen and oxygen atoms in total. The Labute approximate surface area is 116 Å². The van der Waals surface area contributed by atoms with E-state index in [-0.39, 0.29) is 11.3 Å². The van der Waals surface area contributed by atoms with Gasteiger partial charge in [-0.3, -0.25) is 0 Å². The van der Waals surface area contributed by atoms with E-state index in [0.29, 0.717) is 0 Å². The van der Waals surface area contributed by atoms with Gasteiger partial charge >= 0.3 is 0 Å². The summed E-state index contributed by atoms with van der Waals surface area (Å²) in [5.41, 5.74) is 10.5. The Bertz CT molecular complexity index is 467. The second-order valence-electron chi connectivity index (χ2n) is 4.15. The van der Waals surface area contributed by atoms with E-state index >= 15 is 0 Å². The van der Waals surface area contributed by atoms with Gasteiger partial charge < -0.3 is 5.73 Å². The molecule has 2 N–H and O–H groups in total. The highest BCUT2D eigenvalue weighted by Gasteiger charge is 2.17. The molecule has 2 rings (SSSR count). The largest absolute Gasteiger partial charge is 0.323 e. The lowest BCUT2D eigenvalue weighted by Gasteiger charge is -2.18. The summed E-state index contributed by atoms with van der Waals surface area (Å²) in [4.78, 5) is 0. The predicted molar refractivity (Wildman–Crippen MR) is 78.0 cm³/mol. The molecule has 0 saturated heterocycles. The Morgan fingerprint density at radius 2 is 2.06 bits per heavy atom. The number of nitrogens with two attached hydrogens (primary N) is 1. The lowest BCUT2D eigenvalue weighted by Crippen LogP contribution is -2.21. The van der Waals surface area contributed by atoms with Crippen molar-refractivity contribution in [1.29, 1.82) is 0 Å². The van der Waals surface area contributed by atoms with Crippen LogP contribution >= 0.6 is 23.1 Å². The van der Waals surface area contributed by atoms with Crippen molar-refractivity contribution in [2.24, 2.45) is 5.73 Å². The lowest BCUT2D eigenvalue weighted by molar-refractivity contribution is 0.714. The Hall–Kier alpha value is -0.910. The molecule has 2 unspecified atom stereocenters. The lowest BCUT2D eigenvalue weighted by atomic mass is 10.0. The first-order valence-electron chi connectivity index (χ1n) is 5.98. The molecule has 0 aliphatic rings. The zero-order chi connectivity index (χ0) is 13.0. The summed E-state index contributed by atoms with van der Waals surface area (Å²) in [5, 5.41) is 8.16. The van der Waals surface area contributed by atoms with E-state index in [1.54, 1.807) is 28.6 Å². The smallest absolute Gasteiger partial charge is 0.174 e. The third-order valence-electron chi connectivity index (χ3n) is 2.91. The van der Waals surface area contributed by atoms with Crippen LogP contribution in [0.1, 0.15) is 31.0 Å². The van der Waals surface area contributed by atoms with E-state index in [0.717, 1.165) is 10.8 Å². The van der Waals surface area contributed by atoms with Crippen molar-refractivity contribution in [3.63, 3.8) is 0 Å². The predicted octanol–water partition coefficient (Wildman–Crippen LogP) is 3.28. The molecule has 0 amide bonds. The van der Waals surface area contributed by atoms with Crippen molar-refractivity contribution in [2.75, 3.05) is 0 Å². The number of hydrogen-bond acceptors (Lipinski definition) is 5. The maximum atomic E-state index is 6.28. The molecule has 0 radical (unpaired) electrons. The summed E-state index contributed by atoms with van der Waals surface area (Å²) >= 11 is 3.24. The minimum Gasteiger partial charge on any atom is -0.323 e. The Balaban J connectivity index is 2.02. The zero-order valence-electron chi connectivity index (χ0n) is 10.5. The molecule has 2 atom stereocenters. The van der Waals surface area contributed by atoms with Gasteiger partial charge in [0.1, 0.15) is 5.51 Å². The summed E-state index contributed by atoms with van der Waals surface area (Å²) < 4.78 is 0.975. The molecule has 96 valence electrons. The van der Waals surface area contributed by atoms with Gasteiger partial charge in [0.25, 0.3) is 0 Å². The molecule has 18 heavy (non-hydrogen) atoms. The summed E-state index contributed by atoms with van der Waals surface area (Å²) in [6.07, 6.45) is 1.06. The monoisotopic (exact) mass is 279 g/mol. The van der Waals surface area contributed by atoms with Gasteiger partial charge in [0.15, 0.2) is 4.34 Å². The first-order chi connectivity index (χ1) is 8.70. The van der Waals surface area contributed by atoms with Gasteiger partial charge in [0.05, 0.1) is 0 Å². The van der Waals surface area contributed by atoms with E-state index in [4.69, 9.17) is 5.73 Å². The Kier molecular flexibility index (Phi) is 4.74. The third-order valence-corrected chi connectivity index (χ3v) is 4.91. The number of hydrogen-bond donors (Lipinski definition) is 1. The van der Waals surface area contributed by atoms with Crippen LogP contribution in [-0.2, 0) is 6.42 Å². The number of thioether (sulfide) groups is 1. The van der Waals surface area contributed by atoms with Crippen LogP contribution in [0, 0.1) is 0 Å². The molecule has 1 aromatic heterocycles. The van der Waals surface area contributed by atoms with Gasteiger partial charge in [0.2, 0.25) is 0 Å². The second-order valence-corrected chi connectivity index (χ2v) is 6.61. The fourth-order valence-electron chi connectivity index (χ4n) is 1.69. The van der Waals surface area contributed by atoms with Crippen molar-refractivity contribution in [1.82, 2.24) is 10.2 Å². The van der Waals surface area contributed by atoms with Gasteiger partial charge in [-0.25, -0.2) is 0 Å². The van der Waals surface area contributed by atoms with E-state index in [9.17, 15) is 0 Å². The molecule has 1 aromatic carbocycles.